The van der Waals surface area contributed by atoms with Crippen LogP contribution in [0.4, 0.5) is 62.6 Å². The molecule has 1 fully saturated rings. The van der Waals surface area contributed by atoms with Gasteiger partial charge in [-0.15, -0.1) is 0 Å². The first-order chi connectivity index (χ1) is 36.7. The molecule has 0 saturated heterocycles. The molecule has 1 aliphatic carbocycles. The Bertz CT molecular complexity index is 3890. The molecule has 4 aliphatic rings. The summed E-state index contributed by atoms with van der Waals surface area (Å²) in [5.41, 5.74) is 22.1. The van der Waals surface area contributed by atoms with Gasteiger partial charge in [0.25, 0.3) is 6.71 Å². The molecule has 6 heteroatoms. The van der Waals surface area contributed by atoms with E-state index in [4.69, 9.17) is 4.42 Å². The number of rotatable bonds is 6. The molecule has 1 aromatic heterocycles. The summed E-state index contributed by atoms with van der Waals surface area (Å²) in [4.78, 5) is 10.4. The van der Waals surface area contributed by atoms with Gasteiger partial charge in [0.2, 0.25) is 0 Å². The van der Waals surface area contributed by atoms with Crippen molar-refractivity contribution in [2.24, 2.45) is 0 Å². The Labute approximate surface area is 449 Å². The van der Waals surface area contributed by atoms with Gasteiger partial charge < -0.3 is 24.0 Å². The molecule has 2 atom stereocenters. The molecule has 9 aromatic carbocycles. The zero-order valence-corrected chi connectivity index (χ0v) is 45.2. The highest BCUT2D eigenvalue weighted by Crippen LogP contribution is 2.62. The number of para-hydroxylation sites is 5. The highest BCUT2D eigenvalue weighted by Gasteiger charge is 2.58. The predicted molar refractivity (Wildman–Crippen MR) is 323 cm³/mol. The van der Waals surface area contributed by atoms with Gasteiger partial charge in [0, 0.05) is 73.1 Å². The molecule has 0 bridgehead atoms. The average molecular weight is 989 g/mol. The van der Waals surface area contributed by atoms with Crippen molar-refractivity contribution < 1.29 is 4.42 Å². The first-order valence-electron chi connectivity index (χ1n) is 27.6. The van der Waals surface area contributed by atoms with Gasteiger partial charge in [0.05, 0.1) is 11.2 Å². The first-order valence-corrected chi connectivity index (χ1v) is 27.6. The molecule has 0 radical (unpaired) electrons. The standard InChI is InChI=1S/C70H65BN4O/c1-67(2,3)46-32-35-50(36-33-46)73-59-39-34-47(68(4,5)6)42-57(59)71-56-38-37-51(72(48-22-11-9-12-23-48)49-24-13-10-14-25-49)43-61(56)74(60-30-21-27-54-53-26-15-18-31-64(53)76-66(54)60)63-45-52(44-62(73)65(63)71)75-58-29-17-16-28-55(58)69(7)40-19-20-41-70(69,75)8/h9-18,21-39,42-45H,19-20,40-41H2,1-8H3. The van der Waals surface area contributed by atoms with E-state index in [9.17, 15) is 0 Å². The van der Waals surface area contributed by atoms with Crippen molar-refractivity contribution in [1.29, 1.82) is 0 Å². The van der Waals surface area contributed by atoms with Crippen LogP contribution in [0.1, 0.15) is 97.8 Å². The number of nitrogens with zero attached hydrogens (tertiary/aromatic N) is 4. The summed E-state index contributed by atoms with van der Waals surface area (Å²) in [5, 5.41) is 2.22. The fourth-order valence-corrected chi connectivity index (χ4v) is 14.0. The highest BCUT2D eigenvalue weighted by molar-refractivity contribution is 7.00. The molecule has 76 heavy (non-hydrogen) atoms. The SMILES string of the molecule is CC(C)(C)c1ccc(N2c3ccc(C(C)(C)C)cc3B3c4ccc(N(c5ccccc5)c5ccccc5)cc4N(c4cccc5c4oc4ccccc45)c4cc(N5c6ccccc6C6(C)CCCCC56C)cc2c43)cc1. The van der Waals surface area contributed by atoms with Crippen LogP contribution >= 0.6 is 0 Å². The maximum atomic E-state index is 7.12. The van der Waals surface area contributed by atoms with Crippen LogP contribution in [0, 0.1) is 0 Å². The van der Waals surface area contributed by atoms with Crippen molar-refractivity contribution in [3.63, 3.8) is 0 Å². The second kappa shape index (κ2) is 16.8. The smallest absolute Gasteiger partial charge is 0.252 e. The van der Waals surface area contributed by atoms with Gasteiger partial charge in [-0.1, -0.05) is 177 Å². The van der Waals surface area contributed by atoms with Crippen LogP contribution in [0.5, 0.6) is 0 Å². The van der Waals surface area contributed by atoms with Gasteiger partial charge in [-0.05, 0) is 149 Å². The van der Waals surface area contributed by atoms with Crippen molar-refractivity contribution in [3.8, 4) is 0 Å². The maximum Gasteiger partial charge on any atom is 0.252 e. The molecule has 0 N–H and O–H groups in total. The fourth-order valence-electron chi connectivity index (χ4n) is 14.0. The summed E-state index contributed by atoms with van der Waals surface area (Å²) >= 11 is 0. The second-order valence-corrected chi connectivity index (χ2v) is 24.5. The van der Waals surface area contributed by atoms with Crippen molar-refractivity contribution in [1.82, 2.24) is 0 Å². The minimum atomic E-state index is -0.169. The quantitative estimate of drug-likeness (QED) is 0.155. The second-order valence-electron chi connectivity index (χ2n) is 24.5. The fraction of sp³-hybridized carbons (Fsp3) is 0.229. The maximum absolute atomic E-state index is 7.12. The number of anilines is 11. The van der Waals surface area contributed by atoms with Gasteiger partial charge in [0.15, 0.2) is 5.58 Å². The lowest BCUT2D eigenvalue weighted by atomic mass is 9.33. The molecule has 0 spiro atoms. The molecule has 3 aliphatic heterocycles. The molecule has 14 rings (SSSR count). The Morgan fingerprint density at radius 2 is 1.08 bits per heavy atom. The van der Waals surface area contributed by atoms with Crippen molar-refractivity contribution in [2.45, 2.75) is 103 Å². The molecule has 5 nitrogen and oxygen atoms in total. The topological polar surface area (TPSA) is 26.1 Å². The molecule has 10 aromatic rings. The summed E-state index contributed by atoms with van der Waals surface area (Å²) in [6, 6.07) is 75.4. The van der Waals surface area contributed by atoms with E-state index in [2.05, 4.69) is 275 Å². The Morgan fingerprint density at radius 3 is 1.80 bits per heavy atom. The van der Waals surface area contributed by atoms with Crippen LogP contribution in [-0.4, -0.2) is 12.3 Å². The average Bonchev–Trinajstić information content (AvgIpc) is 4.01. The van der Waals surface area contributed by atoms with Crippen molar-refractivity contribution in [2.75, 3.05) is 19.6 Å². The number of benzene rings is 9. The van der Waals surface area contributed by atoms with Crippen LogP contribution in [-0.2, 0) is 16.2 Å². The van der Waals surface area contributed by atoms with E-state index in [0.29, 0.717) is 0 Å². The molecule has 1 saturated carbocycles. The molecule has 2 unspecified atom stereocenters. The number of furan rings is 1. The largest absolute Gasteiger partial charge is 0.454 e. The predicted octanol–water partition coefficient (Wildman–Crippen LogP) is 17.5. The van der Waals surface area contributed by atoms with E-state index in [-0.39, 0.29) is 28.5 Å². The minimum Gasteiger partial charge on any atom is -0.454 e. The van der Waals surface area contributed by atoms with Gasteiger partial charge in [-0.2, -0.15) is 0 Å². The lowest BCUT2D eigenvalue weighted by Gasteiger charge is -2.51. The summed E-state index contributed by atoms with van der Waals surface area (Å²) in [5.74, 6) is 0. The van der Waals surface area contributed by atoms with Crippen LogP contribution < -0.4 is 36.0 Å². The van der Waals surface area contributed by atoms with E-state index in [1.54, 1.807) is 0 Å². The van der Waals surface area contributed by atoms with Gasteiger partial charge in [-0.25, -0.2) is 0 Å². The third-order valence-corrected chi connectivity index (χ3v) is 18.1. The minimum absolute atomic E-state index is 0.00664. The number of hydrogen-bond donors (Lipinski definition) is 0. The molecule has 374 valence electrons. The number of fused-ring (bicyclic) bond motifs is 10. The third-order valence-electron chi connectivity index (χ3n) is 18.1. The zero-order chi connectivity index (χ0) is 51.9. The lowest BCUT2D eigenvalue weighted by Crippen LogP contribution is -2.61. The Hall–Kier alpha value is -7.96. The van der Waals surface area contributed by atoms with E-state index in [0.717, 1.165) is 74.6 Å². The first kappa shape index (κ1) is 46.6. The normalized spacial score (nSPS) is 18.6. The Balaban J connectivity index is 1.13. The molecule has 0 amide bonds. The Morgan fingerprint density at radius 1 is 0.461 bits per heavy atom. The van der Waals surface area contributed by atoms with Gasteiger partial charge in [0.1, 0.15) is 5.58 Å². The van der Waals surface area contributed by atoms with Gasteiger partial charge in [-0.3, -0.25) is 0 Å². The third kappa shape index (κ3) is 6.84. The molecule has 4 heterocycles. The van der Waals surface area contributed by atoms with Crippen molar-refractivity contribution >= 4 is 108 Å². The van der Waals surface area contributed by atoms with E-state index in [1.165, 1.54) is 68.7 Å². The monoisotopic (exact) mass is 989 g/mol. The van der Waals surface area contributed by atoms with Gasteiger partial charge >= 0.3 is 0 Å². The zero-order valence-electron chi connectivity index (χ0n) is 45.2. The summed E-state index contributed by atoms with van der Waals surface area (Å²) in [6.07, 6.45) is 4.69. The highest BCUT2D eigenvalue weighted by atomic mass is 16.3. The summed E-state index contributed by atoms with van der Waals surface area (Å²) in [6.45, 7) is 19.0. The lowest BCUT2D eigenvalue weighted by molar-refractivity contribution is 0.195. The summed E-state index contributed by atoms with van der Waals surface area (Å²) in [7, 11) is 0. The van der Waals surface area contributed by atoms with Crippen LogP contribution in [0.25, 0.3) is 21.9 Å². The number of hydrogen-bond acceptors (Lipinski definition) is 5. The van der Waals surface area contributed by atoms with E-state index in [1.807, 2.05) is 0 Å². The summed E-state index contributed by atoms with van der Waals surface area (Å²) < 4.78 is 7.12. The Kier molecular flexibility index (Phi) is 10.3. The molecular weight excluding hydrogens is 924 g/mol. The van der Waals surface area contributed by atoms with Crippen molar-refractivity contribution in [3.05, 3.63) is 217 Å². The van der Waals surface area contributed by atoms with Crippen LogP contribution in [0.15, 0.2) is 205 Å². The molecular formula is C70H65BN4O. The van der Waals surface area contributed by atoms with Crippen LogP contribution in [0.3, 0.4) is 0 Å². The van der Waals surface area contributed by atoms with Crippen LogP contribution in [0.2, 0.25) is 0 Å². The van der Waals surface area contributed by atoms with E-state index >= 15 is 0 Å². The van der Waals surface area contributed by atoms with E-state index < -0.39 is 0 Å².